The van der Waals surface area contributed by atoms with Crippen molar-refractivity contribution in [3.05, 3.63) is 216 Å². The number of furan rings is 6. The van der Waals surface area contributed by atoms with Crippen LogP contribution in [0.4, 0.5) is 11.4 Å². The summed E-state index contributed by atoms with van der Waals surface area (Å²) >= 11 is 0.388. The first-order valence-electron chi connectivity index (χ1n) is 26.6. The Morgan fingerprint density at radius 3 is 1.10 bits per heavy atom. The lowest BCUT2D eigenvalue weighted by Crippen LogP contribution is -2.01. The first-order valence-corrected chi connectivity index (χ1v) is 30.2. The molecule has 83 heavy (non-hydrogen) atoms. The lowest BCUT2D eigenvalue weighted by Gasteiger charge is -2.07. The SMILES string of the molecule is Brc1cccc2occc12.CC.CC.CC.CC.CC.CC.Cc1ccc2occc2c1.Cc1ccc2occc2c1.Cc1ccc2occc2c1.N=S(=O)=O.O=S([O-])Nc1ccc2occc2c1.O=S=O.[C-]#[N+]c1ccc2occc2c1. The molecule has 0 saturated carbocycles. The van der Waals surface area contributed by atoms with Gasteiger partial charge in [-0.15, -0.1) is 0 Å². The zero-order chi connectivity index (χ0) is 63.1. The van der Waals surface area contributed by atoms with Gasteiger partial charge in [-0.2, -0.15) is 21.6 Å². The first kappa shape index (κ1) is 76.9. The average molecular weight is 1260 g/mol. The summed E-state index contributed by atoms with van der Waals surface area (Å²) in [6.07, 6.45) is 10.0. The first-order chi connectivity index (χ1) is 40.3. The number of aryl methyl sites for hydroxylation is 3. The molecular formula is C64H77BrN3O12S3-. The third kappa shape index (κ3) is 30.0. The number of halogens is 1. The van der Waals surface area contributed by atoms with Crippen LogP contribution in [-0.2, 0) is 33.3 Å². The highest BCUT2D eigenvalue weighted by Gasteiger charge is 2.00. The maximum Gasteiger partial charge on any atom is 0.335 e. The zero-order valence-corrected chi connectivity index (χ0v) is 53.8. The van der Waals surface area contributed by atoms with Crippen LogP contribution in [0.5, 0.6) is 0 Å². The third-order valence-electron chi connectivity index (χ3n) is 9.48. The molecule has 0 spiro atoms. The van der Waals surface area contributed by atoms with Crippen LogP contribution in [0.15, 0.2) is 214 Å². The number of hydrogen-bond donors (Lipinski definition) is 2. The van der Waals surface area contributed by atoms with Gasteiger partial charge >= 0.3 is 22.1 Å². The predicted octanol–water partition coefficient (Wildman–Crippen LogP) is 21.2. The minimum absolute atomic E-state index is 0.530. The van der Waals surface area contributed by atoms with Gasteiger partial charge in [0.15, 0.2) is 5.69 Å². The number of benzene rings is 6. The molecule has 19 heteroatoms. The van der Waals surface area contributed by atoms with Gasteiger partial charge in [-0.3, -0.25) is 4.21 Å². The Bertz CT molecular complexity index is 3650. The number of rotatable bonds is 2. The fourth-order valence-electron chi connectivity index (χ4n) is 6.37. The van der Waals surface area contributed by atoms with Gasteiger partial charge in [-0.1, -0.05) is 146 Å². The molecular weight excluding hydrogens is 1180 g/mol. The van der Waals surface area contributed by atoms with E-state index >= 15 is 0 Å². The maximum absolute atomic E-state index is 10.3. The third-order valence-corrected chi connectivity index (χ3v) is 10.6. The van der Waals surface area contributed by atoms with Crippen molar-refractivity contribution in [1.29, 1.82) is 4.78 Å². The van der Waals surface area contributed by atoms with Crippen LogP contribution in [-0.4, -0.2) is 25.6 Å². The smallest absolute Gasteiger partial charge is 0.335 e. The van der Waals surface area contributed by atoms with Gasteiger partial charge in [0.05, 0.1) is 44.2 Å². The van der Waals surface area contributed by atoms with Crippen molar-refractivity contribution >= 4 is 126 Å². The topological polar surface area (TPSA) is 227 Å². The zero-order valence-electron chi connectivity index (χ0n) is 49.8. The average Bonchev–Trinajstić information content (AvgIpc) is 4.51. The van der Waals surface area contributed by atoms with Crippen molar-refractivity contribution in [2.24, 2.45) is 0 Å². The number of nitrogens with one attached hydrogen (secondary N) is 2. The maximum atomic E-state index is 10.3. The molecule has 1 atom stereocenters. The molecule has 6 heterocycles. The summed E-state index contributed by atoms with van der Waals surface area (Å²) in [5, 5.41) is 6.52. The Morgan fingerprint density at radius 1 is 0.458 bits per heavy atom. The van der Waals surface area contributed by atoms with Crippen LogP contribution < -0.4 is 4.72 Å². The normalized spacial score (nSPS) is 9.25. The van der Waals surface area contributed by atoms with Crippen LogP contribution in [0.25, 0.3) is 70.7 Å². The van der Waals surface area contributed by atoms with Gasteiger partial charge in [-0.05, 0) is 136 Å². The number of fused-ring (bicyclic) bond motifs is 6. The van der Waals surface area contributed by atoms with Crippen LogP contribution in [0.2, 0.25) is 0 Å². The summed E-state index contributed by atoms with van der Waals surface area (Å²) in [7, 11) is -2.61. The van der Waals surface area contributed by atoms with Gasteiger partial charge in [0.2, 0.25) is 0 Å². The Kier molecular flexibility index (Phi) is 44.0. The molecule has 12 aromatic rings. The molecule has 446 valence electrons. The Labute approximate surface area is 504 Å². The highest BCUT2D eigenvalue weighted by Crippen LogP contribution is 2.25. The predicted molar refractivity (Wildman–Crippen MR) is 347 cm³/mol. The summed E-state index contributed by atoms with van der Waals surface area (Å²) in [4.78, 5) is 3.31. The van der Waals surface area contributed by atoms with E-state index in [9.17, 15) is 8.76 Å². The second-order valence-electron chi connectivity index (χ2n) is 14.5. The minimum Gasteiger partial charge on any atom is -0.755 e. The monoisotopic (exact) mass is 1250 g/mol. The lowest BCUT2D eigenvalue weighted by atomic mass is 10.2. The van der Waals surface area contributed by atoms with E-state index in [-0.39, 0.29) is 0 Å². The van der Waals surface area contributed by atoms with Gasteiger partial charge < -0.3 is 35.8 Å². The highest BCUT2D eigenvalue weighted by atomic mass is 79.9. The summed E-state index contributed by atoms with van der Waals surface area (Å²) in [6, 6.07) is 46.3. The number of nitrogens with zero attached hydrogens (tertiary/aromatic N) is 1. The Balaban J connectivity index is 0. The molecule has 0 fully saturated rings. The summed E-state index contributed by atoms with van der Waals surface area (Å²) in [5.74, 6) is 0. The molecule has 0 radical (unpaired) electrons. The minimum atomic E-state index is -2.61. The molecule has 15 nitrogen and oxygen atoms in total. The standard InChI is InChI=1S/C9H5NO.3C9H8O.C8H5BrO.C8H7NO3S.6C2H6.HNO2S.O2S/c1-10-8-2-3-9-7(6-8)4-5-11-9;3*1-7-2-3-9-8(6-7)4-5-10-9;9-7-2-1-3-8-6(7)4-5-10-8;10-13(11)9-7-1-2-8-6(5-7)3-4-12-8;6*1-2;1-4(2)3;1-3-2/h2-6H;3*2-6H,1H3;1-5H;1-5,9H,(H,10,11);6*1-2H3;1H;/p-1. The molecule has 12 rings (SSSR count). The lowest BCUT2D eigenvalue weighted by molar-refractivity contribution is 0.542. The molecule has 1 unspecified atom stereocenters. The van der Waals surface area contributed by atoms with Crippen molar-refractivity contribution < 1.29 is 52.1 Å². The van der Waals surface area contributed by atoms with E-state index in [1.807, 2.05) is 180 Å². The quantitative estimate of drug-likeness (QED) is 0.122. The van der Waals surface area contributed by atoms with Crippen LogP contribution >= 0.6 is 15.9 Å². The van der Waals surface area contributed by atoms with Crippen LogP contribution in [0.1, 0.15) is 99.8 Å². The molecule has 2 N–H and O–H groups in total. The summed E-state index contributed by atoms with van der Waals surface area (Å²) in [5.41, 5.74) is 10.4. The van der Waals surface area contributed by atoms with E-state index in [0.717, 1.165) is 54.1 Å². The second kappa shape index (κ2) is 47.5. The van der Waals surface area contributed by atoms with E-state index in [1.54, 1.807) is 67.9 Å². The largest absolute Gasteiger partial charge is 0.755 e. The molecule has 0 aliphatic heterocycles. The molecule has 0 aliphatic rings. The van der Waals surface area contributed by atoms with Crippen molar-refractivity contribution in [2.75, 3.05) is 4.72 Å². The van der Waals surface area contributed by atoms with Crippen molar-refractivity contribution in [3.8, 4) is 0 Å². The van der Waals surface area contributed by atoms with E-state index in [2.05, 4.69) is 64.5 Å². The second-order valence-corrected chi connectivity index (χ2v) is 16.7. The van der Waals surface area contributed by atoms with Crippen molar-refractivity contribution in [3.63, 3.8) is 0 Å². The van der Waals surface area contributed by atoms with Gasteiger partial charge in [0.25, 0.3) is 0 Å². The highest BCUT2D eigenvalue weighted by molar-refractivity contribution is 9.10. The van der Waals surface area contributed by atoms with Crippen molar-refractivity contribution in [2.45, 2.75) is 104 Å². The molecule has 0 bridgehead atoms. The molecule has 6 aromatic carbocycles. The summed E-state index contributed by atoms with van der Waals surface area (Å²) < 4.78 is 94.3. The Morgan fingerprint density at radius 2 is 0.759 bits per heavy atom. The molecule has 0 amide bonds. The van der Waals surface area contributed by atoms with Crippen LogP contribution in [0, 0.1) is 32.1 Å². The van der Waals surface area contributed by atoms with Crippen molar-refractivity contribution in [1.82, 2.24) is 0 Å². The number of hydrogen-bond acceptors (Lipinski definition) is 13. The van der Waals surface area contributed by atoms with E-state index in [1.165, 1.54) is 32.8 Å². The fourth-order valence-corrected chi connectivity index (χ4v) is 7.16. The van der Waals surface area contributed by atoms with Crippen LogP contribution in [0.3, 0.4) is 0 Å². The molecule has 0 aliphatic carbocycles. The van der Waals surface area contributed by atoms with E-state index < -0.39 is 33.3 Å². The molecule has 6 aromatic heterocycles. The Hall–Kier alpha value is -8.12. The fraction of sp³-hybridized carbons (Fsp3) is 0.234. The van der Waals surface area contributed by atoms with E-state index in [4.69, 9.17) is 54.7 Å². The van der Waals surface area contributed by atoms with Gasteiger partial charge in [0, 0.05) is 53.7 Å². The number of anilines is 1. The van der Waals surface area contributed by atoms with E-state index in [0.29, 0.717) is 11.4 Å². The molecule has 0 saturated heterocycles. The van der Waals surface area contributed by atoms with Gasteiger partial charge in [-0.25, -0.2) is 4.85 Å². The van der Waals surface area contributed by atoms with Gasteiger partial charge in [0.1, 0.15) is 33.5 Å². The summed E-state index contributed by atoms with van der Waals surface area (Å²) in [6.45, 7) is 37.0.